The van der Waals surface area contributed by atoms with Crippen molar-refractivity contribution in [2.24, 2.45) is 10.3 Å². The molecule has 19 heteroatoms. The van der Waals surface area contributed by atoms with E-state index < -0.39 is 44.9 Å². The van der Waals surface area contributed by atoms with E-state index in [1.54, 1.807) is 0 Å². The number of ketones is 2. The quantitative estimate of drug-likeness (QED) is 0.200. The lowest BCUT2D eigenvalue weighted by atomic mass is 9.83. The van der Waals surface area contributed by atoms with Crippen molar-refractivity contribution in [3.8, 4) is 5.75 Å². The third-order valence-electron chi connectivity index (χ3n) is 7.94. The number of aliphatic hydroxyl groups excluding tert-OH is 2. The number of carbonyl (C=O) groups is 4. The highest BCUT2D eigenvalue weighted by molar-refractivity contribution is 9.12. The fourth-order valence-corrected chi connectivity index (χ4v) is 10.1. The number of rotatable bonds is 10. The van der Waals surface area contributed by atoms with Crippen LogP contribution < -0.4 is 15.4 Å². The summed E-state index contributed by atoms with van der Waals surface area (Å²) in [5.41, 5.74) is -1.52. The lowest BCUT2D eigenvalue weighted by Crippen LogP contribution is -2.52. The molecule has 0 saturated heterocycles. The van der Waals surface area contributed by atoms with Crippen molar-refractivity contribution in [3.63, 3.8) is 0 Å². The lowest BCUT2D eigenvalue weighted by molar-refractivity contribution is -0.125. The summed E-state index contributed by atoms with van der Waals surface area (Å²) < 4.78 is 7.79. The summed E-state index contributed by atoms with van der Waals surface area (Å²) in [7, 11) is 0. The van der Waals surface area contributed by atoms with Crippen molar-refractivity contribution in [2.45, 2.75) is 58.7 Å². The Morgan fingerprint density at radius 3 is 1.77 bits per heavy atom. The number of hydrogen-bond donors (Lipinski definition) is 4. The van der Waals surface area contributed by atoms with E-state index in [1.165, 1.54) is 12.2 Å². The number of aliphatic hydroxyl groups is 2. The molecule has 2 spiro atoms. The largest absolute Gasteiger partial charge is 0.491 e. The first-order chi connectivity index (χ1) is 22.7. The molecule has 1 aromatic rings. The molecular formula is C29H26Br6N4O9. The highest BCUT2D eigenvalue weighted by atomic mass is 79.9. The maximum Gasteiger partial charge on any atom is 0.269 e. The molecule has 5 rings (SSSR count). The average molecular weight is 1050 g/mol. The van der Waals surface area contributed by atoms with Crippen LogP contribution in [0.25, 0.3) is 0 Å². The van der Waals surface area contributed by atoms with Crippen LogP contribution in [0.4, 0.5) is 0 Å². The van der Waals surface area contributed by atoms with Crippen LogP contribution >= 0.6 is 95.6 Å². The van der Waals surface area contributed by atoms with Crippen molar-refractivity contribution in [2.75, 3.05) is 19.7 Å². The second-order valence-corrected chi connectivity index (χ2v) is 16.7. The Morgan fingerprint density at radius 2 is 1.29 bits per heavy atom. The van der Waals surface area contributed by atoms with Gasteiger partial charge in [0.15, 0.2) is 22.8 Å². The Hall–Kier alpha value is -1.48. The van der Waals surface area contributed by atoms with Gasteiger partial charge in [0.25, 0.3) is 11.8 Å². The third-order valence-corrected chi connectivity index (χ3v) is 12.2. The van der Waals surface area contributed by atoms with Crippen LogP contribution in [0.3, 0.4) is 0 Å². The molecule has 0 bridgehead atoms. The number of nitrogens with one attached hydrogen (secondary N) is 2. The first-order valence-corrected chi connectivity index (χ1v) is 19.3. The Balaban J connectivity index is 1.04. The van der Waals surface area contributed by atoms with Gasteiger partial charge >= 0.3 is 0 Å². The Labute approximate surface area is 324 Å². The van der Waals surface area contributed by atoms with Gasteiger partial charge in [0.2, 0.25) is 0 Å². The Kier molecular flexibility index (Phi) is 12.1. The minimum atomic E-state index is -1.32. The number of alkyl halides is 2. The topological polar surface area (TPSA) is 185 Å². The van der Waals surface area contributed by atoms with Crippen LogP contribution in [-0.4, -0.2) is 97.8 Å². The smallest absolute Gasteiger partial charge is 0.269 e. The maximum absolute atomic E-state index is 12.8. The fraction of sp³-hybridized carbons (Fsp3) is 0.448. The van der Waals surface area contributed by atoms with Crippen LogP contribution in [0.1, 0.15) is 24.8 Å². The van der Waals surface area contributed by atoms with Gasteiger partial charge in [0, 0.05) is 25.9 Å². The first-order valence-electron chi connectivity index (χ1n) is 14.3. The first kappa shape index (κ1) is 37.8. The van der Waals surface area contributed by atoms with Crippen molar-refractivity contribution >= 4 is 130 Å². The van der Waals surface area contributed by atoms with Gasteiger partial charge in [-0.15, -0.1) is 0 Å². The Morgan fingerprint density at radius 1 is 0.833 bits per heavy atom. The molecule has 0 fully saturated rings. The number of ether oxygens (including phenoxy) is 1. The van der Waals surface area contributed by atoms with Crippen LogP contribution in [0, 0.1) is 0 Å². The third kappa shape index (κ3) is 7.72. The van der Waals surface area contributed by atoms with E-state index >= 15 is 0 Å². The van der Waals surface area contributed by atoms with E-state index in [-0.39, 0.29) is 57.9 Å². The summed E-state index contributed by atoms with van der Waals surface area (Å²) in [5, 5.41) is 34.5. The monoisotopic (exact) mass is 1050 g/mol. The van der Waals surface area contributed by atoms with Crippen LogP contribution in [0.2, 0.25) is 0 Å². The van der Waals surface area contributed by atoms with Crippen LogP contribution in [0.15, 0.2) is 52.5 Å². The molecule has 4 aliphatic rings. The van der Waals surface area contributed by atoms with Crippen molar-refractivity contribution < 1.29 is 43.8 Å². The zero-order valence-corrected chi connectivity index (χ0v) is 34.0. The fourth-order valence-electron chi connectivity index (χ4n) is 5.30. The number of oxime groups is 2. The molecule has 0 aromatic heterocycles. The number of carbonyl (C=O) groups excluding carboxylic acids is 4. The van der Waals surface area contributed by atoms with E-state index in [1.807, 2.05) is 12.1 Å². The predicted octanol–water partition coefficient (Wildman–Crippen LogP) is 3.76. The van der Waals surface area contributed by atoms with Crippen LogP contribution in [-0.2, 0) is 35.3 Å². The molecular weight excluding hydrogens is 1030 g/mol. The molecule has 6 atom stereocenters. The molecule has 2 aliphatic heterocycles. The molecule has 1 aromatic carbocycles. The molecule has 4 N–H and O–H groups in total. The molecule has 2 amide bonds. The molecule has 0 radical (unpaired) electrons. The summed E-state index contributed by atoms with van der Waals surface area (Å²) in [4.78, 5) is 58.7. The average Bonchev–Trinajstić information content (AvgIpc) is 3.68. The maximum atomic E-state index is 12.8. The lowest BCUT2D eigenvalue weighted by Gasteiger charge is -2.34. The summed E-state index contributed by atoms with van der Waals surface area (Å²) in [6, 6.07) is 3.75. The van der Waals surface area contributed by atoms with Gasteiger partial charge in [-0.3, -0.25) is 19.2 Å². The van der Waals surface area contributed by atoms with Gasteiger partial charge in [-0.1, -0.05) is 42.2 Å². The minimum absolute atomic E-state index is 0.00160. The second-order valence-electron chi connectivity index (χ2n) is 11.3. The van der Waals surface area contributed by atoms with Gasteiger partial charge in [-0.05, 0) is 106 Å². The number of benzene rings is 1. The van der Waals surface area contributed by atoms with Gasteiger partial charge < -0.3 is 35.3 Å². The predicted molar refractivity (Wildman–Crippen MR) is 195 cm³/mol. The highest BCUT2D eigenvalue weighted by Gasteiger charge is 2.54. The van der Waals surface area contributed by atoms with Crippen LogP contribution in [0.5, 0.6) is 5.75 Å². The summed E-state index contributed by atoms with van der Waals surface area (Å²) in [6.07, 6.45) is 1.41. The molecule has 2 heterocycles. The summed E-state index contributed by atoms with van der Waals surface area (Å²) >= 11 is 19.8. The number of halogens is 6. The van der Waals surface area contributed by atoms with Gasteiger partial charge in [0.1, 0.15) is 39.0 Å². The van der Waals surface area contributed by atoms with E-state index in [0.717, 1.165) is 5.56 Å². The minimum Gasteiger partial charge on any atom is -0.491 e. The molecule has 258 valence electrons. The van der Waals surface area contributed by atoms with E-state index in [0.29, 0.717) is 34.1 Å². The van der Waals surface area contributed by atoms with E-state index in [9.17, 15) is 29.4 Å². The zero-order valence-electron chi connectivity index (χ0n) is 24.5. The molecule has 2 aliphatic carbocycles. The molecule has 6 unspecified atom stereocenters. The van der Waals surface area contributed by atoms with Gasteiger partial charge in [-0.2, -0.15) is 0 Å². The SMILES string of the molecule is O=C(NCCCOc1c(Br)cc(CCNC(=O)C2=NOC3(C=C(Br)C(=O)C(Br)C3O)C2)cc1Br)C1=NOC2(C=C(Br)C(=O)C(Br)C2O)C1. The standard InChI is InChI=1S/C29H26Br6N4O9/c30-13-6-12(2-4-37-27(45)18-11-29(48-39-18)9-16(33)22(41)20(35)25(29)43)7-14(31)23(13)46-5-1-3-36-26(44)17-10-28(47-38-17)8-15(32)21(40)19(34)24(28)42/h6-9,19-20,24-25,42-43H,1-5,10-11H2,(H,36,44)(H,37,45). The molecule has 0 saturated carbocycles. The number of amides is 2. The van der Waals surface area contributed by atoms with Crippen molar-refractivity contribution in [3.05, 3.63) is 47.8 Å². The number of nitrogens with zero attached hydrogens (tertiary/aromatic N) is 2. The van der Waals surface area contributed by atoms with Crippen molar-refractivity contribution in [1.29, 1.82) is 0 Å². The van der Waals surface area contributed by atoms with Crippen molar-refractivity contribution in [1.82, 2.24) is 10.6 Å². The van der Waals surface area contributed by atoms with E-state index in [2.05, 4.69) is 117 Å². The normalized spacial score (nSPS) is 29.5. The van der Waals surface area contributed by atoms with Gasteiger partial charge in [-0.25, -0.2) is 0 Å². The van der Waals surface area contributed by atoms with Gasteiger partial charge in [0.05, 0.1) is 24.5 Å². The summed E-state index contributed by atoms with van der Waals surface area (Å²) in [5.74, 6) is -0.962. The Bertz CT molecular complexity index is 1650. The number of hydrogen-bond acceptors (Lipinski definition) is 11. The second kappa shape index (κ2) is 15.4. The van der Waals surface area contributed by atoms with E-state index in [4.69, 9.17) is 14.4 Å². The number of Topliss-reactive ketones (excluding diaryl/α,β-unsaturated/α-hetero) is 2. The number of allylic oxidation sites excluding steroid dienone is 2. The molecule has 13 nitrogen and oxygen atoms in total. The summed E-state index contributed by atoms with van der Waals surface area (Å²) in [6.45, 7) is 0.875. The molecule has 48 heavy (non-hydrogen) atoms. The highest BCUT2D eigenvalue weighted by Crippen LogP contribution is 2.41. The zero-order chi connectivity index (χ0) is 35.0.